The van der Waals surface area contributed by atoms with E-state index in [2.05, 4.69) is 15.3 Å². The molecule has 21 heavy (non-hydrogen) atoms. The molecule has 0 saturated carbocycles. The topological polar surface area (TPSA) is 50.3 Å². The molecule has 1 aliphatic rings. The third-order valence-corrected chi connectivity index (χ3v) is 3.38. The van der Waals surface area contributed by atoms with Crippen molar-refractivity contribution >= 4 is 11.6 Å². The van der Waals surface area contributed by atoms with Gasteiger partial charge in [0, 0.05) is 32.0 Å². The molecule has 6 heteroatoms. The maximum absolute atomic E-state index is 14.2. The van der Waals surface area contributed by atoms with Gasteiger partial charge in [0.05, 0.1) is 18.9 Å². The summed E-state index contributed by atoms with van der Waals surface area (Å²) >= 11 is 0. The van der Waals surface area contributed by atoms with Crippen LogP contribution >= 0.6 is 0 Å². The molecule has 1 aromatic carbocycles. The van der Waals surface area contributed by atoms with Crippen molar-refractivity contribution < 1.29 is 9.13 Å². The predicted molar refractivity (Wildman–Crippen MR) is 78.8 cm³/mol. The smallest absolute Gasteiger partial charge is 0.222 e. The Kier molecular flexibility index (Phi) is 4.25. The summed E-state index contributed by atoms with van der Waals surface area (Å²) in [5.41, 5.74) is 1.50. The van der Waals surface area contributed by atoms with Crippen molar-refractivity contribution in [2.75, 3.05) is 36.5 Å². The molecule has 2 heterocycles. The van der Waals surface area contributed by atoms with Crippen LogP contribution in [0.3, 0.4) is 0 Å². The molecule has 5 nitrogen and oxygen atoms in total. The average Bonchev–Trinajstić information content (AvgIpc) is 2.55. The van der Waals surface area contributed by atoms with Gasteiger partial charge in [0.15, 0.2) is 0 Å². The highest BCUT2D eigenvalue weighted by molar-refractivity contribution is 5.49. The molecule has 0 aliphatic carbocycles. The summed E-state index contributed by atoms with van der Waals surface area (Å²) in [6.07, 6.45) is 3.33. The van der Waals surface area contributed by atoms with E-state index in [4.69, 9.17) is 4.74 Å². The fourth-order valence-electron chi connectivity index (χ4n) is 2.29. The van der Waals surface area contributed by atoms with Gasteiger partial charge in [-0.1, -0.05) is 6.07 Å². The Hall–Kier alpha value is -2.21. The van der Waals surface area contributed by atoms with E-state index < -0.39 is 0 Å². The van der Waals surface area contributed by atoms with E-state index in [0.717, 1.165) is 18.7 Å². The van der Waals surface area contributed by atoms with Gasteiger partial charge in [-0.3, -0.25) is 0 Å². The lowest BCUT2D eigenvalue weighted by Gasteiger charge is -2.29. The third kappa shape index (κ3) is 3.46. The number of aromatic nitrogens is 2. The summed E-state index contributed by atoms with van der Waals surface area (Å²) in [5, 5.41) is 3.06. The lowest BCUT2D eigenvalue weighted by Crippen LogP contribution is -2.36. The number of hydrogen-bond acceptors (Lipinski definition) is 5. The first kappa shape index (κ1) is 13.8. The van der Waals surface area contributed by atoms with Crippen molar-refractivity contribution in [3.63, 3.8) is 0 Å². The van der Waals surface area contributed by atoms with Crippen molar-refractivity contribution in [2.24, 2.45) is 0 Å². The number of rotatable bonds is 4. The van der Waals surface area contributed by atoms with Gasteiger partial charge in [0.1, 0.15) is 5.82 Å². The molecule has 110 valence electrons. The normalized spacial score (nSPS) is 15.0. The minimum atomic E-state index is -0.204. The second-order valence-corrected chi connectivity index (χ2v) is 4.81. The SMILES string of the molecule is Fc1cc(CNc2ncccn2)ccc1N1CCOCC1. The van der Waals surface area contributed by atoms with E-state index >= 15 is 0 Å². The molecule has 0 unspecified atom stereocenters. The lowest BCUT2D eigenvalue weighted by atomic mass is 10.1. The number of anilines is 2. The van der Waals surface area contributed by atoms with Crippen LogP contribution in [0.25, 0.3) is 0 Å². The minimum Gasteiger partial charge on any atom is -0.378 e. The van der Waals surface area contributed by atoms with Crippen LogP contribution in [-0.4, -0.2) is 36.3 Å². The Morgan fingerprint density at radius 3 is 2.67 bits per heavy atom. The predicted octanol–water partition coefficient (Wildman–Crippen LogP) is 2.06. The summed E-state index contributed by atoms with van der Waals surface area (Å²) in [7, 11) is 0. The highest BCUT2D eigenvalue weighted by atomic mass is 19.1. The monoisotopic (exact) mass is 288 g/mol. The van der Waals surface area contributed by atoms with Crippen molar-refractivity contribution in [3.05, 3.63) is 48.0 Å². The molecule has 0 bridgehead atoms. The van der Waals surface area contributed by atoms with Crippen LogP contribution in [0.2, 0.25) is 0 Å². The number of benzene rings is 1. The first-order chi connectivity index (χ1) is 10.3. The Bertz CT molecular complexity index is 587. The second-order valence-electron chi connectivity index (χ2n) is 4.81. The van der Waals surface area contributed by atoms with Gasteiger partial charge in [0.25, 0.3) is 0 Å². The zero-order valence-corrected chi connectivity index (χ0v) is 11.6. The van der Waals surface area contributed by atoms with Gasteiger partial charge in [-0.15, -0.1) is 0 Å². The summed E-state index contributed by atoms with van der Waals surface area (Å²) in [5.74, 6) is 0.334. The number of nitrogens with one attached hydrogen (secondary N) is 1. The van der Waals surface area contributed by atoms with Crippen LogP contribution in [0, 0.1) is 5.82 Å². The molecule has 1 fully saturated rings. The number of ether oxygens (including phenoxy) is 1. The van der Waals surface area contributed by atoms with E-state index in [9.17, 15) is 4.39 Å². The van der Waals surface area contributed by atoms with Crippen molar-refractivity contribution in [2.45, 2.75) is 6.54 Å². The van der Waals surface area contributed by atoms with Crippen LogP contribution in [-0.2, 0) is 11.3 Å². The quantitative estimate of drug-likeness (QED) is 0.933. The summed E-state index contributed by atoms with van der Waals surface area (Å²) in [6.45, 7) is 3.24. The zero-order valence-electron chi connectivity index (χ0n) is 11.6. The molecule has 3 rings (SSSR count). The molecule has 1 aromatic heterocycles. The molecule has 0 spiro atoms. The molecule has 1 N–H and O–H groups in total. The highest BCUT2D eigenvalue weighted by Gasteiger charge is 2.15. The Morgan fingerprint density at radius 2 is 1.95 bits per heavy atom. The zero-order chi connectivity index (χ0) is 14.5. The van der Waals surface area contributed by atoms with Crippen LogP contribution in [0.4, 0.5) is 16.0 Å². The first-order valence-corrected chi connectivity index (χ1v) is 6.95. The van der Waals surface area contributed by atoms with Gasteiger partial charge in [-0.05, 0) is 23.8 Å². The largest absolute Gasteiger partial charge is 0.378 e. The van der Waals surface area contributed by atoms with Crippen LogP contribution in [0.5, 0.6) is 0 Å². The van der Waals surface area contributed by atoms with Crippen molar-refractivity contribution in [1.82, 2.24) is 9.97 Å². The molecule has 0 atom stereocenters. The Balaban J connectivity index is 1.66. The summed E-state index contributed by atoms with van der Waals surface area (Å²) in [4.78, 5) is 10.1. The molecule has 1 saturated heterocycles. The molecule has 0 amide bonds. The first-order valence-electron chi connectivity index (χ1n) is 6.95. The molecule has 0 radical (unpaired) electrons. The Labute approximate surface area is 122 Å². The van der Waals surface area contributed by atoms with E-state index in [1.165, 1.54) is 0 Å². The van der Waals surface area contributed by atoms with Crippen molar-refractivity contribution in [3.8, 4) is 0 Å². The maximum atomic E-state index is 14.2. The summed E-state index contributed by atoms with van der Waals surface area (Å²) in [6, 6.07) is 7.05. The van der Waals surface area contributed by atoms with Gasteiger partial charge in [0.2, 0.25) is 5.95 Å². The van der Waals surface area contributed by atoms with Gasteiger partial charge in [-0.2, -0.15) is 0 Å². The van der Waals surface area contributed by atoms with Crippen molar-refractivity contribution in [1.29, 1.82) is 0 Å². The average molecular weight is 288 g/mol. The Morgan fingerprint density at radius 1 is 1.19 bits per heavy atom. The number of morpholine rings is 1. The van der Waals surface area contributed by atoms with Crippen LogP contribution < -0.4 is 10.2 Å². The standard InChI is InChI=1S/C15H17FN4O/c16-13-10-12(11-19-15-17-4-1-5-18-15)2-3-14(13)20-6-8-21-9-7-20/h1-5,10H,6-9,11H2,(H,17,18,19). The van der Waals surface area contributed by atoms with Gasteiger partial charge < -0.3 is 15.0 Å². The van der Waals surface area contributed by atoms with E-state index in [1.54, 1.807) is 24.5 Å². The molecule has 1 aliphatic heterocycles. The maximum Gasteiger partial charge on any atom is 0.222 e. The van der Waals surface area contributed by atoms with E-state index in [0.29, 0.717) is 31.4 Å². The highest BCUT2D eigenvalue weighted by Crippen LogP contribution is 2.21. The van der Waals surface area contributed by atoms with E-state index in [1.807, 2.05) is 17.0 Å². The fourth-order valence-corrected chi connectivity index (χ4v) is 2.29. The lowest BCUT2D eigenvalue weighted by molar-refractivity contribution is 0.122. The van der Waals surface area contributed by atoms with Crippen LogP contribution in [0.1, 0.15) is 5.56 Å². The fraction of sp³-hybridized carbons (Fsp3) is 0.333. The second kappa shape index (κ2) is 6.49. The summed E-state index contributed by atoms with van der Waals surface area (Å²) < 4.78 is 19.5. The minimum absolute atomic E-state index is 0.204. The number of nitrogens with zero attached hydrogens (tertiary/aromatic N) is 3. The molecule has 2 aromatic rings. The van der Waals surface area contributed by atoms with Gasteiger partial charge >= 0.3 is 0 Å². The van der Waals surface area contributed by atoms with Crippen LogP contribution in [0.15, 0.2) is 36.7 Å². The third-order valence-electron chi connectivity index (χ3n) is 3.38. The van der Waals surface area contributed by atoms with Gasteiger partial charge in [-0.25, -0.2) is 14.4 Å². The number of halogens is 1. The molecular formula is C15H17FN4O. The van der Waals surface area contributed by atoms with E-state index in [-0.39, 0.29) is 5.82 Å². The molecular weight excluding hydrogens is 271 g/mol. The number of hydrogen-bond donors (Lipinski definition) is 1.